The molecule has 1 unspecified atom stereocenters. The van der Waals surface area contributed by atoms with Crippen molar-refractivity contribution in [3.05, 3.63) is 11.7 Å². The van der Waals surface area contributed by atoms with Crippen LogP contribution in [-0.4, -0.2) is 10.1 Å². The molecule has 96 valence electrons. The molecule has 1 aromatic rings. The van der Waals surface area contributed by atoms with Gasteiger partial charge in [-0.3, -0.25) is 0 Å². The Bertz CT molecular complexity index is 386. The Morgan fingerprint density at radius 3 is 2.65 bits per heavy atom. The van der Waals surface area contributed by atoms with E-state index in [1.807, 2.05) is 0 Å². The molecule has 1 saturated carbocycles. The Balaban J connectivity index is 2.28. The average Bonchev–Trinajstić information content (AvgIpc) is 2.72. The summed E-state index contributed by atoms with van der Waals surface area (Å²) in [6, 6.07) is 0. The molecule has 1 aromatic heterocycles. The normalized spacial score (nSPS) is 28.2. The molecule has 17 heavy (non-hydrogen) atoms. The van der Waals surface area contributed by atoms with Crippen molar-refractivity contribution in [2.45, 2.75) is 64.8 Å². The summed E-state index contributed by atoms with van der Waals surface area (Å²) in [6.07, 6.45) is 6.32. The first kappa shape index (κ1) is 12.6. The zero-order valence-corrected chi connectivity index (χ0v) is 11.1. The van der Waals surface area contributed by atoms with Gasteiger partial charge in [-0.25, -0.2) is 0 Å². The van der Waals surface area contributed by atoms with Gasteiger partial charge in [0.25, 0.3) is 0 Å². The summed E-state index contributed by atoms with van der Waals surface area (Å²) in [5.41, 5.74) is 6.19. The van der Waals surface area contributed by atoms with Crippen LogP contribution >= 0.6 is 0 Å². The molecule has 0 saturated heterocycles. The maximum atomic E-state index is 6.58. The number of nitrogens with zero attached hydrogens (tertiary/aromatic N) is 2. The summed E-state index contributed by atoms with van der Waals surface area (Å²) >= 11 is 0. The van der Waals surface area contributed by atoms with Crippen molar-refractivity contribution in [2.75, 3.05) is 0 Å². The minimum absolute atomic E-state index is 0.0403. The van der Waals surface area contributed by atoms with Crippen LogP contribution in [0.25, 0.3) is 0 Å². The van der Waals surface area contributed by atoms with Crippen LogP contribution in [0, 0.1) is 5.41 Å². The monoisotopic (exact) mass is 237 g/mol. The third kappa shape index (κ3) is 2.10. The predicted octanol–water partition coefficient (Wildman–Crippen LogP) is 2.78. The van der Waals surface area contributed by atoms with Gasteiger partial charge in [0.2, 0.25) is 5.89 Å². The number of nitrogens with two attached hydrogens (primary N) is 1. The molecule has 1 aliphatic carbocycles. The highest BCUT2D eigenvalue weighted by molar-refractivity contribution is 5.12. The molecule has 0 spiro atoms. The summed E-state index contributed by atoms with van der Waals surface area (Å²) in [6.45, 7) is 6.52. The first-order chi connectivity index (χ1) is 7.99. The van der Waals surface area contributed by atoms with Crippen LogP contribution in [-0.2, 0) is 12.0 Å². The Morgan fingerprint density at radius 2 is 2.00 bits per heavy atom. The van der Waals surface area contributed by atoms with Crippen molar-refractivity contribution in [2.24, 2.45) is 11.1 Å². The van der Waals surface area contributed by atoms with Crippen molar-refractivity contribution in [1.82, 2.24) is 10.1 Å². The average molecular weight is 237 g/mol. The lowest BCUT2D eigenvalue weighted by atomic mass is 9.63. The first-order valence-electron chi connectivity index (χ1n) is 6.61. The lowest BCUT2D eigenvalue weighted by molar-refractivity contribution is 0.0872. The molecule has 0 radical (unpaired) electrons. The van der Waals surface area contributed by atoms with Crippen molar-refractivity contribution in [3.63, 3.8) is 0 Å². The maximum absolute atomic E-state index is 6.58. The number of hydrogen-bond donors (Lipinski definition) is 1. The van der Waals surface area contributed by atoms with E-state index in [0.717, 1.165) is 32.1 Å². The van der Waals surface area contributed by atoms with Gasteiger partial charge < -0.3 is 10.3 Å². The second-order valence-corrected chi connectivity index (χ2v) is 5.82. The Kier molecular flexibility index (Phi) is 3.25. The molecule has 1 atom stereocenters. The summed E-state index contributed by atoms with van der Waals surface area (Å²) < 4.78 is 5.28. The fourth-order valence-electron chi connectivity index (χ4n) is 2.70. The molecule has 4 heteroatoms. The maximum Gasteiger partial charge on any atom is 0.226 e. The molecular formula is C13H23N3O. The van der Waals surface area contributed by atoms with Gasteiger partial charge >= 0.3 is 0 Å². The van der Waals surface area contributed by atoms with Gasteiger partial charge in [0.1, 0.15) is 0 Å². The van der Waals surface area contributed by atoms with Gasteiger partial charge in [0, 0.05) is 6.42 Å². The Labute approximate surface area is 103 Å². The van der Waals surface area contributed by atoms with E-state index >= 15 is 0 Å². The van der Waals surface area contributed by atoms with E-state index in [-0.39, 0.29) is 5.41 Å². The van der Waals surface area contributed by atoms with Crippen LogP contribution in [0.5, 0.6) is 0 Å². The van der Waals surface area contributed by atoms with Gasteiger partial charge in [0.15, 0.2) is 5.82 Å². The fraction of sp³-hybridized carbons (Fsp3) is 0.846. The zero-order valence-electron chi connectivity index (χ0n) is 11.1. The molecule has 1 heterocycles. The second-order valence-electron chi connectivity index (χ2n) is 5.82. The predicted molar refractivity (Wildman–Crippen MR) is 66.4 cm³/mol. The lowest BCUT2D eigenvalue weighted by Gasteiger charge is -2.45. The van der Waals surface area contributed by atoms with E-state index in [1.165, 1.54) is 6.42 Å². The van der Waals surface area contributed by atoms with E-state index in [1.54, 1.807) is 0 Å². The Hall–Kier alpha value is -0.900. The van der Waals surface area contributed by atoms with Crippen LogP contribution in [0.1, 0.15) is 64.6 Å². The largest absolute Gasteiger partial charge is 0.339 e. The van der Waals surface area contributed by atoms with Crippen LogP contribution in [0.4, 0.5) is 0 Å². The van der Waals surface area contributed by atoms with E-state index in [0.29, 0.717) is 11.7 Å². The standard InChI is InChI=1S/C13H23N3O/c1-4-7-10-15-11(16-17-10)13(14)9-6-5-8-12(13,2)3/h4-9,14H2,1-3H3. The van der Waals surface area contributed by atoms with E-state index in [9.17, 15) is 0 Å². The van der Waals surface area contributed by atoms with Crippen molar-refractivity contribution in [1.29, 1.82) is 0 Å². The Morgan fingerprint density at radius 1 is 1.29 bits per heavy atom. The molecule has 0 aliphatic heterocycles. The first-order valence-corrected chi connectivity index (χ1v) is 6.61. The molecule has 2 N–H and O–H groups in total. The van der Waals surface area contributed by atoms with Gasteiger partial charge in [-0.15, -0.1) is 0 Å². The molecule has 4 nitrogen and oxygen atoms in total. The molecule has 1 fully saturated rings. The molecular weight excluding hydrogens is 214 g/mol. The van der Waals surface area contributed by atoms with E-state index < -0.39 is 5.54 Å². The highest BCUT2D eigenvalue weighted by Gasteiger charge is 2.48. The van der Waals surface area contributed by atoms with Crippen LogP contribution in [0.2, 0.25) is 0 Å². The quantitative estimate of drug-likeness (QED) is 0.878. The zero-order chi connectivity index (χ0) is 12.5. The van der Waals surface area contributed by atoms with Gasteiger partial charge in [-0.1, -0.05) is 38.8 Å². The minimum Gasteiger partial charge on any atom is -0.339 e. The van der Waals surface area contributed by atoms with Gasteiger partial charge in [0.05, 0.1) is 5.54 Å². The fourth-order valence-corrected chi connectivity index (χ4v) is 2.70. The summed E-state index contributed by atoms with van der Waals surface area (Å²) in [7, 11) is 0. The van der Waals surface area contributed by atoms with Crippen molar-refractivity contribution in [3.8, 4) is 0 Å². The third-order valence-electron chi connectivity index (χ3n) is 4.16. The van der Waals surface area contributed by atoms with Crippen LogP contribution in [0.3, 0.4) is 0 Å². The summed E-state index contributed by atoms with van der Waals surface area (Å²) in [5, 5.41) is 4.11. The molecule has 1 aliphatic rings. The highest BCUT2D eigenvalue weighted by Crippen LogP contribution is 2.47. The van der Waals surface area contributed by atoms with E-state index in [2.05, 4.69) is 30.9 Å². The molecule has 0 aromatic carbocycles. The van der Waals surface area contributed by atoms with Crippen LogP contribution < -0.4 is 5.73 Å². The number of rotatable bonds is 3. The molecule has 2 rings (SSSR count). The van der Waals surface area contributed by atoms with Crippen molar-refractivity contribution < 1.29 is 4.52 Å². The summed E-state index contributed by atoms with van der Waals surface area (Å²) in [4.78, 5) is 4.49. The summed E-state index contributed by atoms with van der Waals surface area (Å²) in [5.74, 6) is 1.42. The second kappa shape index (κ2) is 4.41. The number of aryl methyl sites for hydroxylation is 1. The van der Waals surface area contributed by atoms with Crippen LogP contribution in [0.15, 0.2) is 4.52 Å². The molecule has 0 bridgehead atoms. The van der Waals surface area contributed by atoms with Gasteiger partial charge in [-0.2, -0.15) is 4.98 Å². The topological polar surface area (TPSA) is 64.9 Å². The SMILES string of the molecule is CCCc1nc(C2(N)CCCCC2(C)C)no1. The lowest BCUT2D eigenvalue weighted by Crippen LogP contribution is -2.52. The van der Waals surface area contributed by atoms with Gasteiger partial charge in [-0.05, 0) is 24.7 Å². The highest BCUT2D eigenvalue weighted by atomic mass is 16.5. The third-order valence-corrected chi connectivity index (χ3v) is 4.16. The molecule has 0 amide bonds. The number of hydrogen-bond acceptors (Lipinski definition) is 4. The van der Waals surface area contributed by atoms with E-state index in [4.69, 9.17) is 10.3 Å². The smallest absolute Gasteiger partial charge is 0.226 e. The number of aromatic nitrogens is 2. The van der Waals surface area contributed by atoms with Crippen molar-refractivity contribution >= 4 is 0 Å². The minimum atomic E-state index is -0.430.